The van der Waals surface area contributed by atoms with Gasteiger partial charge in [-0.15, -0.1) is 0 Å². The minimum absolute atomic E-state index is 0.105. The Labute approximate surface area is 232 Å². The van der Waals surface area contributed by atoms with E-state index in [0.29, 0.717) is 65.0 Å². The highest BCUT2D eigenvalue weighted by Crippen LogP contribution is 2.35. The minimum atomic E-state index is -0.371. The fourth-order valence-corrected chi connectivity index (χ4v) is 3.95. The summed E-state index contributed by atoms with van der Waals surface area (Å²) in [6, 6.07) is 16.2. The Kier molecular flexibility index (Phi) is 9.45. The van der Waals surface area contributed by atoms with Crippen molar-refractivity contribution >= 4 is 34.2 Å². The summed E-state index contributed by atoms with van der Waals surface area (Å²) < 4.78 is 24.8. The first-order valence-electron chi connectivity index (χ1n) is 13.0. The van der Waals surface area contributed by atoms with Crippen LogP contribution in [0.15, 0.2) is 67.0 Å². The fraction of sp³-hybridized carbons (Fsp3) is 0.267. The maximum atomic E-state index is 13.3. The molecule has 0 saturated heterocycles. The van der Waals surface area contributed by atoms with E-state index in [9.17, 15) is 14.0 Å². The van der Waals surface area contributed by atoms with Crippen molar-refractivity contribution < 1.29 is 23.5 Å². The predicted octanol–water partition coefficient (Wildman–Crippen LogP) is 6.31. The molecule has 208 valence electrons. The van der Waals surface area contributed by atoms with E-state index in [0.717, 1.165) is 12.0 Å². The third-order valence-electron chi connectivity index (χ3n) is 6.06. The molecule has 0 atom stereocenters. The summed E-state index contributed by atoms with van der Waals surface area (Å²) in [5, 5.41) is 9.02. The van der Waals surface area contributed by atoms with Crippen molar-refractivity contribution in [1.82, 2.24) is 15.3 Å². The molecule has 0 bridgehead atoms. The molecule has 1 heterocycles. The number of fused-ring (bicyclic) bond motifs is 1. The summed E-state index contributed by atoms with van der Waals surface area (Å²) in [6.45, 7) is 4.50. The van der Waals surface area contributed by atoms with Gasteiger partial charge in [0.2, 0.25) is 11.8 Å². The number of benzene rings is 3. The van der Waals surface area contributed by atoms with E-state index in [1.54, 1.807) is 42.5 Å². The molecule has 0 aliphatic carbocycles. The quantitative estimate of drug-likeness (QED) is 0.204. The molecule has 4 rings (SSSR count). The number of urea groups is 1. The lowest BCUT2D eigenvalue weighted by Crippen LogP contribution is -2.30. The maximum Gasteiger partial charge on any atom is 0.319 e. The third kappa shape index (κ3) is 7.89. The summed E-state index contributed by atoms with van der Waals surface area (Å²) >= 11 is 0. The van der Waals surface area contributed by atoms with Crippen LogP contribution in [0.25, 0.3) is 10.9 Å². The Morgan fingerprint density at radius 3 is 2.52 bits per heavy atom. The fourth-order valence-electron chi connectivity index (χ4n) is 3.95. The highest BCUT2D eigenvalue weighted by Gasteiger charge is 2.15. The third-order valence-corrected chi connectivity index (χ3v) is 6.06. The van der Waals surface area contributed by atoms with Gasteiger partial charge in [-0.05, 0) is 66.8 Å². The van der Waals surface area contributed by atoms with Crippen LogP contribution in [0.1, 0.15) is 32.3 Å². The summed E-state index contributed by atoms with van der Waals surface area (Å²) in [6.07, 6.45) is 3.09. The van der Waals surface area contributed by atoms with Gasteiger partial charge in [-0.3, -0.25) is 4.79 Å². The molecule has 40 heavy (non-hydrogen) atoms. The van der Waals surface area contributed by atoms with Crippen LogP contribution in [0.5, 0.6) is 17.4 Å². The molecule has 3 N–H and O–H groups in total. The number of anilines is 2. The molecule has 0 aliphatic heterocycles. The lowest BCUT2D eigenvalue weighted by molar-refractivity contribution is -0.116. The van der Waals surface area contributed by atoms with Crippen molar-refractivity contribution in [2.45, 2.75) is 33.1 Å². The Bertz CT molecular complexity index is 1480. The number of halogens is 1. The van der Waals surface area contributed by atoms with E-state index in [1.165, 1.54) is 25.6 Å². The largest absolute Gasteiger partial charge is 0.494 e. The first-order valence-corrected chi connectivity index (χ1v) is 13.0. The highest BCUT2D eigenvalue weighted by molar-refractivity contribution is 5.97. The van der Waals surface area contributed by atoms with E-state index < -0.39 is 0 Å². The first-order chi connectivity index (χ1) is 19.3. The summed E-state index contributed by atoms with van der Waals surface area (Å²) in [5.41, 5.74) is 2.47. The zero-order chi connectivity index (χ0) is 28.5. The number of amides is 3. The zero-order valence-corrected chi connectivity index (χ0v) is 22.7. The number of nitrogens with one attached hydrogen (secondary N) is 3. The monoisotopic (exact) mass is 545 g/mol. The number of nitrogens with zero attached hydrogens (tertiary/aromatic N) is 2. The van der Waals surface area contributed by atoms with Gasteiger partial charge in [-0.2, -0.15) is 0 Å². The number of aromatic nitrogens is 2. The van der Waals surface area contributed by atoms with Crippen LogP contribution >= 0.6 is 0 Å². The van der Waals surface area contributed by atoms with Crippen LogP contribution in [0.4, 0.5) is 20.6 Å². The van der Waals surface area contributed by atoms with E-state index >= 15 is 0 Å². The van der Waals surface area contributed by atoms with Crippen LogP contribution in [0.2, 0.25) is 0 Å². The maximum absolute atomic E-state index is 13.3. The van der Waals surface area contributed by atoms with E-state index in [-0.39, 0.29) is 17.8 Å². The van der Waals surface area contributed by atoms with Crippen LogP contribution in [0, 0.1) is 11.7 Å². The Hall–Kier alpha value is -4.73. The molecule has 4 aromatic rings. The molecule has 0 fully saturated rings. The van der Waals surface area contributed by atoms with Gasteiger partial charge in [-0.1, -0.05) is 26.0 Å². The van der Waals surface area contributed by atoms with Gasteiger partial charge in [0.05, 0.1) is 23.7 Å². The van der Waals surface area contributed by atoms with Crippen molar-refractivity contribution in [1.29, 1.82) is 0 Å². The number of ether oxygens (including phenoxy) is 2. The second-order valence-electron chi connectivity index (χ2n) is 9.62. The molecule has 0 radical (unpaired) electrons. The van der Waals surface area contributed by atoms with Crippen molar-refractivity contribution in [3.05, 3.63) is 78.4 Å². The number of hydrogen-bond acceptors (Lipinski definition) is 6. The van der Waals surface area contributed by atoms with Crippen molar-refractivity contribution in [2.24, 2.45) is 5.92 Å². The van der Waals surface area contributed by atoms with Gasteiger partial charge in [0.15, 0.2) is 0 Å². The van der Waals surface area contributed by atoms with E-state index in [1.807, 2.05) is 6.07 Å². The summed E-state index contributed by atoms with van der Waals surface area (Å²) in [7, 11) is 1.53. The molecule has 3 aromatic carbocycles. The number of carbonyl (C=O) groups is 2. The topological polar surface area (TPSA) is 114 Å². The molecular weight excluding hydrogens is 513 g/mol. The molecule has 10 heteroatoms. The Balaban J connectivity index is 1.40. The second kappa shape index (κ2) is 13.4. The molecule has 0 saturated carbocycles. The van der Waals surface area contributed by atoms with Crippen LogP contribution in [0.3, 0.4) is 0 Å². The standard InChI is InChI=1S/C30H32FN5O4/c1-19(2)7-12-28(37)36-26-16-24-25(17-27(26)39-3)33-18-34-29(24)40-23-10-8-22(9-11-23)35-30(38)32-14-13-20-5-4-6-21(31)15-20/h4-6,8-11,15-19H,7,12-14H2,1-3H3,(H,36,37)(H2,32,35,38). The summed E-state index contributed by atoms with van der Waals surface area (Å²) in [4.78, 5) is 33.3. The molecule has 0 unspecified atom stereocenters. The summed E-state index contributed by atoms with van der Waals surface area (Å²) in [5.74, 6) is 1.30. The average molecular weight is 546 g/mol. The van der Waals surface area contributed by atoms with Gasteiger partial charge >= 0.3 is 6.03 Å². The number of hydrogen-bond donors (Lipinski definition) is 3. The van der Waals surface area contributed by atoms with Crippen LogP contribution < -0.4 is 25.4 Å². The van der Waals surface area contributed by atoms with Gasteiger partial charge in [0.25, 0.3) is 0 Å². The van der Waals surface area contributed by atoms with Gasteiger partial charge in [0, 0.05) is 24.7 Å². The smallest absolute Gasteiger partial charge is 0.319 e. The lowest BCUT2D eigenvalue weighted by atomic mass is 10.1. The number of rotatable bonds is 11. The minimum Gasteiger partial charge on any atom is -0.494 e. The zero-order valence-electron chi connectivity index (χ0n) is 22.7. The first kappa shape index (κ1) is 28.3. The molecular formula is C30H32FN5O4. The number of carbonyl (C=O) groups excluding carboxylic acids is 2. The predicted molar refractivity (Wildman–Crippen MR) is 152 cm³/mol. The molecule has 1 aromatic heterocycles. The highest BCUT2D eigenvalue weighted by atomic mass is 19.1. The lowest BCUT2D eigenvalue weighted by Gasteiger charge is -2.14. The normalized spacial score (nSPS) is 10.8. The molecule has 0 spiro atoms. The Morgan fingerprint density at radius 2 is 1.80 bits per heavy atom. The van der Waals surface area contributed by atoms with Crippen molar-refractivity contribution in [3.63, 3.8) is 0 Å². The van der Waals surface area contributed by atoms with E-state index in [4.69, 9.17) is 9.47 Å². The van der Waals surface area contributed by atoms with Gasteiger partial charge < -0.3 is 25.4 Å². The van der Waals surface area contributed by atoms with E-state index in [2.05, 4.69) is 39.8 Å². The van der Waals surface area contributed by atoms with Crippen LogP contribution in [-0.2, 0) is 11.2 Å². The molecule has 3 amide bonds. The molecule has 9 nitrogen and oxygen atoms in total. The Morgan fingerprint density at radius 1 is 1.00 bits per heavy atom. The SMILES string of the molecule is COc1cc2ncnc(Oc3ccc(NC(=O)NCCc4cccc(F)c4)cc3)c2cc1NC(=O)CCC(C)C. The average Bonchev–Trinajstić information content (AvgIpc) is 2.93. The van der Waals surface area contributed by atoms with Gasteiger partial charge in [0.1, 0.15) is 23.6 Å². The second-order valence-corrected chi connectivity index (χ2v) is 9.62. The van der Waals surface area contributed by atoms with Crippen molar-refractivity contribution in [2.75, 3.05) is 24.3 Å². The van der Waals surface area contributed by atoms with Gasteiger partial charge in [-0.25, -0.2) is 19.2 Å². The van der Waals surface area contributed by atoms with Crippen LogP contribution in [-0.4, -0.2) is 35.6 Å². The molecule has 0 aliphatic rings. The number of methoxy groups -OCH3 is 1. The van der Waals surface area contributed by atoms with Crippen molar-refractivity contribution in [3.8, 4) is 17.4 Å².